The van der Waals surface area contributed by atoms with Gasteiger partial charge >= 0.3 is 0 Å². The van der Waals surface area contributed by atoms with E-state index >= 15 is 0 Å². The number of likely N-dealkylation sites (tertiary alicyclic amines) is 1. The molecule has 2 heterocycles. The molecule has 1 unspecified atom stereocenters. The first kappa shape index (κ1) is 22.4. The van der Waals surface area contributed by atoms with Gasteiger partial charge in [-0.25, -0.2) is 0 Å². The van der Waals surface area contributed by atoms with Gasteiger partial charge in [-0.2, -0.15) is 0 Å². The number of methoxy groups -OCH3 is 2. The molecule has 1 atom stereocenters. The summed E-state index contributed by atoms with van der Waals surface area (Å²) in [4.78, 5) is 32.0. The standard InChI is InChI=1S/C23H35N3O4/c1-23(2,3)22(28)26-10-6-7-18(26)21(27)25-13-11-24(12-14-25)16-17-8-9-19(29-4)20(15-17)30-5/h8-9,15,18H,6-7,10-14,16H2,1-5H3. The highest BCUT2D eigenvalue weighted by Crippen LogP contribution is 2.29. The fourth-order valence-corrected chi connectivity index (χ4v) is 4.27. The van der Waals surface area contributed by atoms with Crippen LogP contribution in [0, 0.1) is 5.41 Å². The fraction of sp³-hybridized carbons (Fsp3) is 0.652. The normalized spacial score (nSPS) is 20.4. The first-order chi connectivity index (χ1) is 14.2. The summed E-state index contributed by atoms with van der Waals surface area (Å²) in [7, 11) is 3.27. The van der Waals surface area contributed by atoms with Gasteiger partial charge < -0.3 is 19.3 Å². The molecule has 2 amide bonds. The molecule has 2 fully saturated rings. The first-order valence-corrected chi connectivity index (χ1v) is 10.8. The van der Waals surface area contributed by atoms with Crippen LogP contribution in [0.15, 0.2) is 18.2 Å². The topological polar surface area (TPSA) is 62.3 Å². The van der Waals surface area contributed by atoms with Crippen molar-refractivity contribution in [3.05, 3.63) is 23.8 Å². The molecule has 1 aromatic carbocycles. The van der Waals surface area contributed by atoms with E-state index in [1.165, 1.54) is 0 Å². The summed E-state index contributed by atoms with van der Waals surface area (Å²) in [5.41, 5.74) is 0.700. The zero-order valence-corrected chi connectivity index (χ0v) is 18.9. The van der Waals surface area contributed by atoms with Gasteiger partial charge in [0, 0.05) is 44.7 Å². The zero-order valence-electron chi connectivity index (χ0n) is 18.9. The third kappa shape index (κ3) is 4.89. The smallest absolute Gasteiger partial charge is 0.245 e. The highest BCUT2D eigenvalue weighted by molar-refractivity contribution is 5.90. The lowest BCUT2D eigenvalue weighted by Crippen LogP contribution is -2.55. The van der Waals surface area contributed by atoms with Crippen molar-refractivity contribution in [3.8, 4) is 11.5 Å². The van der Waals surface area contributed by atoms with E-state index in [-0.39, 0.29) is 17.9 Å². The number of benzene rings is 1. The van der Waals surface area contributed by atoms with Crippen LogP contribution in [0.3, 0.4) is 0 Å². The van der Waals surface area contributed by atoms with Crippen LogP contribution in [0.5, 0.6) is 11.5 Å². The third-order valence-corrected chi connectivity index (χ3v) is 5.98. The van der Waals surface area contributed by atoms with Crippen molar-refractivity contribution in [2.24, 2.45) is 5.41 Å². The van der Waals surface area contributed by atoms with E-state index in [0.717, 1.165) is 49.5 Å². The number of carbonyl (C=O) groups is 2. The molecule has 0 aliphatic carbocycles. The lowest BCUT2D eigenvalue weighted by atomic mass is 9.94. The Morgan fingerprint density at radius 2 is 1.67 bits per heavy atom. The average molecular weight is 418 g/mol. The Morgan fingerprint density at radius 3 is 2.27 bits per heavy atom. The monoisotopic (exact) mass is 417 g/mol. The van der Waals surface area contributed by atoms with E-state index in [1.807, 2.05) is 43.9 Å². The van der Waals surface area contributed by atoms with Crippen LogP contribution in [0.25, 0.3) is 0 Å². The number of ether oxygens (including phenoxy) is 2. The molecule has 2 aliphatic heterocycles. The lowest BCUT2D eigenvalue weighted by molar-refractivity contribution is -0.149. The molecule has 0 saturated carbocycles. The summed E-state index contributed by atoms with van der Waals surface area (Å²) >= 11 is 0. The molecule has 1 aromatic rings. The number of amides is 2. The van der Waals surface area contributed by atoms with Crippen LogP contribution in [-0.4, -0.2) is 79.5 Å². The minimum Gasteiger partial charge on any atom is -0.493 e. The van der Waals surface area contributed by atoms with E-state index in [4.69, 9.17) is 9.47 Å². The van der Waals surface area contributed by atoms with Gasteiger partial charge in [0.15, 0.2) is 11.5 Å². The largest absolute Gasteiger partial charge is 0.493 e. The van der Waals surface area contributed by atoms with Crippen LogP contribution < -0.4 is 9.47 Å². The maximum atomic E-state index is 13.1. The van der Waals surface area contributed by atoms with Crippen molar-refractivity contribution in [3.63, 3.8) is 0 Å². The van der Waals surface area contributed by atoms with Crippen molar-refractivity contribution < 1.29 is 19.1 Å². The van der Waals surface area contributed by atoms with Crippen molar-refractivity contribution in [1.29, 1.82) is 0 Å². The van der Waals surface area contributed by atoms with Crippen LogP contribution >= 0.6 is 0 Å². The molecule has 0 aromatic heterocycles. The molecular weight excluding hydrogens is 382 g/mol. The Labute approximate surface area is 179 Å². The minimum absolute atomic E-state index is 0.0745. The quantitative estimate of drug-likeness (QED) is 0.736. The van der Waals surface area contributed by atoms with Gasteiger partial charge in [0.25, 0.3) is 0 Å². The molecule has 7 heteroatoms. The summed E-state index contributed by atoms with van der Waals surface area (Å²) < 4.78 is 10.7. The Hall–Kier alpha value is -2.28. The van der Waals surface area contributed by atoms with Gasteiger partial charge in [-0.1, -0.05) is 26.8 Å². The predicted molar refractivity (Wildman–Crippen MR) is 116 cm³/mol. The van der Waals surface area contributed by atoms with Gasteiger partial charge in [-0.3, -0.25) is 14.5 Å². The first-order valence-electron chi connectivity index (χ1n) is 10.8. The zero-order chi connectivity index (χ0) is 21.9. The molecule has 7 nitrogen and oxygen atoms in total. The van der Waals surface area contributed by atoms with Crippen molar-refractivity contribution in [1.82, 2.24) is 14.7 Å². The van der Waals surface area contributed by atoms with E-state index < -0.39 is 5.41 Å². The highest BCUT2D eigenvalue weighted by Gasteiger charge is 2.40. The van der Waals surface area contributed by atoms with Crippen LogP contribution in [0.2, 0.25) is 0 Å². The lowest BCUT2D eigenvalue weighted by Gasteiger charge is -2.38. The highest BCUT2D eigenvalue weighted by atomic mass is 16.5. The molecule has 2 aliphatic rings. The average Bonchev–Trinajstić information content (AvgIpc) is 3.22. The number of hydrogen-bond donors (Lipinski definition) is 0. The second-order valence-corrected chi connectivity index (χ2v) is 9.20. The summed E-state index contributed by atoms with van der Waals surface area (Å²) in [6, 6.07) is 5.68. The van der Waals surface area contributed by atoms with Gasteiger partial charge in [-0.05, 0) is 30.5 Å². The molecule has 2 saturated heterocycles. The van der Waals surface area contributed by atoms with Crippen LogP contribution in [0.1, 0.15) is 39.2 Å². The maximum absolute atomic E-state index is 13.1. The summed E-state index contributed by atoms with van der Waals surface area (Å²) in [6.07, 6.45) is 1.67. The molecule has 0 spiro atoms. The van der Waals surface area contributed by atoms with Crippen LogP contribution in [-0.2, 0) is 16.1 Å². The number of rotatable bonds is 5. The fourth-order valence-electron chi connectivity index (χ4n) is 4.27. The predicted octanol–water partition coefficient (Wildman–Crippen LogP) is 2.39. The van der Waals surface area contributed by atoms with Crippen molar-refractivity contribution in [2.75, 3.05) is 46.9 Å². The molecular formula is C23H35N3O4. The van der Waals surface area contributed by atoms with Gasteiger partial charge in [0.2, 0.25) is 11.8 Å². The summed E-state index contributed by atoms with van der Waals surface area (Å²) in [5.74, 6) is 1.64. The third-order valence-electron chi connectivity index (χ3n) is 5.98. The molecule has 30 heavy (non-hydrogen) atoms. The summed E-state index contributed by atoms with van der Waals surface area (Å²) in [5, 5.41) is 0. The Bertz CT molecular complexity index is 766. The van der Waals surface area contributed by atoms with E-state index in [2.05, 4.69) is 4.90 Å². The molecule has 3 rings (SSSR count). The Kier molecular flexibility index (Phi) is 6.91. The second kappa shape index (κ2) is 9.25. The van der Waals surface area contributed by atoms with Gasteiger partial charge in [-0.15, -0.1) is 0 Å². The van der Waals surface area contributed by atoms with Crippen molar-refractivity contribution >= 4 is 11.8 Å². The maximum Gasteiger partial charge on any atom is 0.245 e. The Balaban J connectivity index is 1.56. The molecule has 0 bridgehead atoms. The van der Waals surface area contributed by atoms with E-state index in [0.29, 0.717) is 19.6 Å². The number of hydrogen-bond acceptors (Lipinski definition) is 5. The number of carbonyl (C=O) groups excluding carboxylic acids is 2. The SMILES string of the molecule is COc1ccc(CN2CCN(C(=O)C3CCCN3C(=O)C(C)(C)C)CC2)cc1OC. The number of nitrogens with zero attached hydrogens (tertiary/aromatic N) is 3. The minimum atomic E-state index is -0.457. The van der Waals surface area contributed by atoms with Crippen molar-refractivity contribution in [2.45, 2.75) is 46.2 Å². The number of piperazine rings is 1. The summed E-state index contributed by atoms with van der Waals surface area (Å²) in [6.45, 7) is 10.3. The molecule has 166 valence electrons. The molecule has 0 N–H and O–H groups in total. The van der Waals surface area contributed by atoms with E-state index in [1.54, 1.807) is 19.1 Å². The Morgan fingerprint density at radius 1 is 1.00 bits per heavy atom. The van der Waals surface area contributed by atoms with Gasteiger partial charge in [0.05, 0.1) is 14.2 Å². The molecule has 0 radical (unpaired) electrons. The van der Waals surface area contributed by atoms with Crippen LogP contribution in [0.4, 0.5) is 0 Å². The second-order valence-electron chi connectivity index (χ2n) is 9.20. The van der Waals surface area contributed by atoms with E-state index in [9.17, 15) is 9.59 Å². The van der Waals surface area contributed by atoms with Gasteiger partial charge in [0.1, 0.15) is 6.04 Å².